The number of carbonyl (C=O) groups excluding carboxylic acids is 1. The van der Waals surface area contributed by atoms with Gasteiger partial charge in [-0.15, -0.1) is 11.8 Å². The largest absolute Gasteiger partial charge is 0.416 e. The number of aromatic nitrogens is 3. The van der Waals surface area contributed by atoms with Crippen molar-refractivity contribution in [1.82, 2.24) is 19.4 Å². The summed E-state index contributed by atoms with van der Waals surface area (Å²) in [5.41, 5.74) is -1.55. The first-order chi connectivity index (χ1) is 17.5. The number of halogens is 6. The predicted molar refractivity (Wildman–Crippen MR) is 126 cm³/mol. The third-order valence-corrected chi connectivity index (χ3v) is 8.04. The number of fused-ring (bicyclic) bond motifs is 1. The summed E-state index contributed by atoms with van der Waals surface area (Å²) >= 11 is 1.21. The summed E-state index contributed by atoms with van der Waals surface area (Å²) in [4.78, 5) is 27.4. The van der Waals surface area contributed by atoms with Crippen LogP contribution in [0.2, 0.25) is 0 Å². The molecule has 1 saturated heterocycles. The van der Waals surface area contributed by atoms with Crippen LogP contribution < -0.4 is 0 Å². The number of piperidine rings is 1. The molecule has 2 aliphatic rings. The highest BCUT2D eigenvalue weighted by atomic mass is 32.2. The minimum Gasteiger partial charge on any atom is -0.341 e. The van der Waals surface area contributed by atoms with Gasteiger partial charge in [-0.3, -0.25) is 9.79 Å². The van der Waals surface area contributed by atoms with Crippen molar-refractivity contribution in [1.29, 1.82) is 0 Å². The lowest BCUT2D eigenvalue weighted by molar-refractivity contribution is -0.143. The maximum Gasteiger partial charge on any atom is 0.416 e. The molecule has 3 aromatic rings. The molecule has 0 N–H and O–H groups in total. The average Bonchev–Trinajstić information content (AvgIpc) is 3.51. The normalized spacial score (nSPS) is 19.5. The van der Waals surface area contributed by atoms with Crippen molar-refractivity contribution < 1.29 is 31.1 Å². The first kappa shape index (κ1) is 25.6. The van der Waals surface area contributed by atoms with E-state index in [0.717, 1.165) is 12.1 Å². The number of aliphatic imine (C=N–C) groups is 1. The Morgan fingerprint density at radius 2 is 1.68 bits per heavy atom. The fraction of sp³-hybridized carbons (Fsp3) is 0.417. The van der Waals surface area contributed by atoms with Crippen molar-refractivity contribution in [3.63, 3.8) is 0 Å². The maximum absolute atomic E-state index is 13.2. The van der Waals surface area contributed by atoms with Crippen LogP contribution in [0.4, 0.5) is 26.3 Å². The number of thioether (sulfide) groups is 1. The molecule has 0 spiro atoms. The van der Waals surface area contributed by atoms with Gasteiger partial charge in [0.05, 0.1) is 29.0 Å². The quantitative estimate of drug-likeness (QED) is 0.423. The van der Waals surface area contributed by atoms with E-state index in [9.17, 15) is 31.1 Å². The van der Waals surface area contributed by atoms with Gasteiger partial charge < -0.3 is 9.47 Å². The zero-order chi connectivity index (χ0) is 26.4. The molecule has 1 aromatic carbocycles. The first-order valence-corrected chi connectivity index (χ1v) is 12.4. The maximum atomic E-state index is 13.2. The molecular weight excluding hydrogens is 520 g/mol. The van der Waals surface area contributed by atoms with E-state index in [1.54, 1.807) is 28.1 Å². The number of imidazole rings is 1. The first-order valence-electron chi connectivity index (χ1n) is 11.5. The molecule has 37 heavy (non-hydrogen) atoms. The van der Waals surface area contributed by atoms with E-state index >= 15 is 0 Å². The number of pyridine rings is 1. The Hall–Kier alpha value is -3.09. The third kappa shape index (κ3) is 5.46. The van der Waals surface area contributed by atoms with E-state index in [1.165, 1.54) is 11.8 Å². The van der Waals surface area contributed by atoms with E-state index in [0.29, 0.717) is 43.6 Å². The number of likely N-dealkylation sites (tertiary alicyclic amines) is 1. The van der Waals surface area contributed by atoms with Crippen LogP contribution in [0.5, 0.6) is 0 Å². The van der Waals surface area contributed by atoms with E-state index in [4.69, 9.17) is 0 Å². The Kier molecular flexibility index (Phi) is 6.67. The van der Waals surface area contributed by atoms with Crippen LogP contribution in [-0.4, -0.2) is 55.3 Å². The Balaban J connectivity index is 1.21. The van der Waals surface area contributed by atoms with Gasteiger partial charge in [0.2, 0.25) is 5.91 Å². The summed E-state index contributed by atoms with van der Waals surface area (Å²) in [5, 5.41) is 0.109. The van der Waals surface area contributed by atoms with Crippen LogP contribution in [0.25, 0.3) is 11.2 Å². The number of hydrogen-bond donors (Lipinski definition) is 0. The number of rotatable bonds is 4. The standard InChI is InChI=1S/C24H21F6N5OS/c25-23(26,27)16-8-15(9-17(10-16)24(28,29)30)22-32-11-19(37-22)14-3-6-34(7-4-14)20(36)12-35-13-33-18-2-1-5-31-21(18)35/h1-2,5,8-10,13-14,19H,3-4,6-7,11-12H2/t19-/m1/s1. The zero-order valence-electron chi connectivity index (χ0n) is 19.3. The Morgan fingerprint density at radius 1 is 1.00 bits per heavy atom. The monoisotopic (exact) mass is 541 g/mol. The molecule has 5 rings (SSSR count). The lowest BCUT2D eigenvalue weighted by Gasteiger charge is -2.34. The SMILES string of the molecule is O=C(Cn1cnc2cccnc21)N1CCC([C@H]2CN=C(c3cc(C(F)(F)F)cc(C(F)(F)F)c3)S2)CC1. The number of alkyl halides is 6. The second-order valence-electron chi connectivity index (χ2n) is 9.03. The van der Waals surface area contributed by atoms with Crippen LogP contribution in [0.1, 0.15) is 29.5 Å². The van der Waals surface area contributed by atoms with Gasteiger partial charge in [-0.05, 0) is 49.1 Å². The molecule has 2 aromatic heterocycles. The van der Waals surface area contributed by atoms with Crippen LogP contribution in [0.3, 0.4) is 0 Å². The highest BCUT2D eigenvalue weighted by molar-refractivity contribution is 8.15. The van der Waals surface area contributed by atoms with E-state index in [2.05, 4.69) is 15.0 Å². The van der Waals surface area contributed by atoms with Gasteiger partial charge in [-0.25, -0.2) is 9.97 Å². The molecule has 4 heterocycles. The van der Waals surface area contributed by atoms with E-state index in [1.807, 2.05) is 6.07 Å². The van der Waals surface area contributed by atoms with Crippen molar-refractivity contribution in [3.05, 3.63) is 59.5 Å². The van der Waals surface area contributed by atoms with E-state index in [-0.39, 0.29) is 40.3 Å². The fourth-order valence-corrected chi connectivity index (χ4v) is 5.96. The number of benzene rings is 1. The van der Waals surface area contributed by atoms with Crippen molar-refractivity contribution in [2.75, 3.05) is 19.6 Å². The molecule has 13 heteroatoms. The van der Waals surface area contributed by atoms with Gasteiger partial charge in [0.15, 0.2) is 5.65 Å². The summed E-state index contributed by atoms with van der Waals surface area (Å²) in [7, 11) is 0. The molecule has 0 aliphatic carbocycles. The van der Waals surface area contributed by atoms with Gasteiger partial charge in [0.1, 0.15) is 12.1 Å². The number of carbonyl (C=O) groups is 1. The van der Waals surface area contributed by atoms with Crippen molar-refractivity contribution in [2.45, 2.75) is 37.0 Å². The minimum absolute atomic E-state index is 0.0666. The molecule has 1 amide bonds. The lowest BCUT2D eigenvalue weighted by atomic mass is 9.93. The van der Waals surface area contributed by atoms with Crippen LogP contribution in [-0.2, 0) is 23.7 Å². The predicted octanol–water partition coefficient (Wildman–Crippen LogP) is 5.27. The topological polar surface area (TPSA) is 63.4 Å². The van der Waals surface area contributed by atoms with Crippen LogP contribution >= 0.6 is 11.8 Å². The summed E-state index contributed by atoms with van der Waals surface area (Å²) in [6.45, 7) is 1.44. The molecule has 0 saturated carbocycles. The van der Waals surface area contributed by atoms with Gasteiger partial charge in [-0.1, -0.05) is 0 Å². The molecule has 1 fully saturated rings. The lowest BCUT2D eigenvalue weighted by Crippen LogP contribution is -2.42. The van der Waals surface area contributed by atoms with Crippen molar-refractivity contribution in [3.8, 4) is 0 Å². The highest BCUT2D eigenvalue weighted by Gasteiger charge is 2.38. The fourth-order valence-electron chi connectivity index (χ4n) is 4.65. The van der Waals surface area contributed by atoms with Gasteiger partial charge >= 0.3 is 12.4 Å². The van der Waals surface area contributed by atoms with Crippen LogP contribution in [0, 0.1) is 5.92 Å². The average molecular weight is 542 g/mol. The number of hydrogen-bond acceptors (Lipinski definition) is 5. The highest BCUT2D eigenvalue weighted by Crippen LogP contribution is 2.40. The summed E-state index contributed by atoms with van der Waals surface area (Å²) in [5.74, 6) is 0.0713. The number of amides is 1. The molecule has 0 bridgehead atoms. The van der Waals surface area contributed by atoms with Crippen molar-refractivity contribution in [2.24, 2.45) is 10.9 Å². The molecule has 0 radical (unpaired) electrons. The van der Waals surface area contributed by atoms with Crippen LogP contribution in [0.15, 0.2) is 47.8 Å². The van der Waals surface area contributed by atoms with Crippen molar-refractivity contribution >= 4 is 33.9 Å². The summed E-state index contributed by atoms with van der Waals surface area (Å²) in [6.07, 6.45) is -5.25. The van der Waals surface area contributed by atoms with Gasteiger partial charge in [0, 0.05) is 30.1 Å². The summed E-state index contributed by atoms with van der Waals surface area (Å²) in [6, 6.07) is 5.15. The summed E-state index contributed by atoms with van der Waals surface area (Å²) < 4.78 is 81.1. The molecule has 1 atom stereocenters. The molecule has 2 aliphatic heterocycles. The second kappa shape index (κ2) is 9.66. The Morgan fingerprint density at radius 3 is 2.32 bits per heavy atom. The molecular formula is C24H21F6N5OS. The molecule has 0 unspecified atom stereocenters. The Bertz CT molecular complexity index is 1310. The second-order valence-corrected chi connectivity index (χ2v) is 10.3. The zero-order valence-corrected chi connectivity index (χ0v) is 20.1. The molecule has 196 valence electrons. The minimum atomic E-state index is -4.91. The van der Waals surface area contributed by atoms with Gasteiger partial charge in [0.25, 0.3) is 0 Å². The Labute approximate surface area is 211 Å². The van der Waals surface area contributed by atoms with E-state index < -0.39 is 23.5 Å². The third-order valence-electron chi connectivity index (χ3n) is 6.61. The number of nitrogens with zero attached hydrogens (tertiary/aromatic N) is 5. The smallest absolute Gasteiger partial charge is 0.341 e. The van der Waals surface area contributed by atoms with Gasteiger partial charge in [-0.2, -0.15) is 26.3 Å². The molecule has 6 nitrogen and oxygen atoms in total.